The summed E-state index contributed by atoms with van der Waals surface area (Å²) in [6.07, 6.45) is 0.278. The van der Waals surface area contributed by atoms with Gasteiger partial charge in [-0.05, 0) is 37.1 Å². The predicted octanol–water partition coefficient (Wildman–Crippen LogP) is 2.73. The number of hydrogen-bond donors (Lipinski definition) is 1. The molecule has 1 heterocycles. The highest BCUT2D eigenvalue weighted by molar-refractivity contribution is 5.21. The molecule has 1 aliphatic heterocycles. The van der Waals surface area contributed by atoms with Crippen LogP contribution in [-0.4, -0.2) is 12.6 Å². The van der Waals surface area contributed by atoms with Crippen molar-refractivity contribution in [2.24, 2.45) is 0 Å². The molecule has 0 aliphatic carbocycles. The summed E-state index contributed by atoms with van der Waals surface area (Å²) in [4.78, 5) is 0. The first-order chi connectivity index (χ1) is 7.16. The Balaban J connectivity index is 2.20. The van der Waals surface area contributed by atoms with Gasteiger partial charge in [0.25, 0.3) is 0 Å². The molecule has 1 aromatic carbocycles. The molecule has 2 rings (SSSR count). The van der Waals surface area contributed by atoms with Gasteiger partial charge in [0, 0.05) is 12.1 Å². The summed E-state index contributed by atoms with van der Waals surface area (Å²) in [5, 5.41) is 2.97. The molecule has 4 heteroatoms. The molecular weight excluding hydrogens is 203 g/mol. The molecule has 1 aromatic rings. The van der Waals surface area contributed by atoms with E-state index in [1.807, 2.05) is 0 Å². The maximum Gasteiger partial charge on any atom is 0.141 e. The van der Waals surface area contributed by atoms with Crippen molar-refractivity contribution in [3.63, 3.8) is 0 Å². The molecule has 82 valence electrons. The van der Waals surface area contributed by atoms with E-state index in [1.54, 1.807) is 0 Å². The van der Waals surface area contributed by atoms with Gasteiger partial charge in [-0.1, -0.05) is 0 Å². The number of alkyl halides is 1. The Morgan fingerprint density at radius 2 is 1.87 bits per heavy atom. The Morgan fingerprint density at radius 3 is 2.40 bits per heavy atom. The van der Waals surface area contributed by atoms with Crippen LogP contribution in [-0.2, 0) is 0 Å². The number of nitrogens with one attached hydrogen (secondary N) is 1. The molecule has 1 nitrogen and oxygen atoms in total. The van der Waals surface area contributed by atoms with E-state index in [2.05, 4.69) is 5.32 Å². The molecule has 0 bridgehead atoms. The third-order valence-electron chi connectivity index (χ3n) is 2.66. The van der Waals surface area contributed by atoms with E-state index in [4.69, 9.17) is 0 Å². The van der Waals surface area contributed by atoms with Crippen LogP contribution in [0.5, 0.6) is 0 Å². The van der Waals surface area contributed by atoms with Crippen LogP contribution in [0.3, 0.4) is 0 Å². The fraction of sp³-hybridized carbons (Fsp3) is 0.455. The van der Waals surface area contributed by atoms with E-state index in [-0.39, 0.29) is 11.6 Å². The molecule has 1 aliphatic rings. The Bertz CT molecular complexity index is 327. The number of hydrogen-bond acceptors (Lipinski definition) is 1. The summed E-state index contributed by atoms with van der Waals surface area (Å²) in [7, 11) is 0. The van der Waals surface area contributed by atoms with Crippen LogP contribution >= 0.6 is 0 Å². The molecule has 1 N–H and O–H groups in total. The number of rotatable bonds is 2. The van der Waals surface area contributed by atoms with Crippen LogP contribution in [0.1, 0.15) is 24.6 Å². The van der Waals surface area contributed by atoms with Crippen molar-refractivity contribution in [1.82, 2.24) is 5.32 Å². The molecule has 1 fully saturated rings. The summed E-state index contributed by atoms with van der Waals surface area (Å²) >= 11 is 0. The van der Waals surface area contributed by atoms with E-state index >= 15 is 0 Å². The van der Waals surface area contributed by atoms with Gasteiger partial charge in [0.2, 0.25) is 0 Å². The minimum atomic E-state index is -1.34. The molecule has 0 amide bonds. The van der Waals surface area contributed by atoms with Crippen molar-refractivity contribution in [1.29, 1.82) is 0 Å². The van der Waals surface area contributed by atoms with Gasteiger partial charge in [0.1, 0.15) is 17.8 Å². The molecule has 2 unspecified atom stereocenters. The average Bonchev–Trinajstić information content (AvgIpc) is 2.67. The first-order valence-corrected chi connectivity index (χ1v) is 5.00. The fourth-order valence-corrected chi connectivity index (χ4v) is 1.93. The normalized spacial score (nSPS) is 23.0. The van der Waals surface area contributed by atoms with E-state index in [9.17, 15) is 13.2 Å². The van der Waals surface area contributed by atoms with Crippen LogP contribution in [0, 0.1) is 11.6 Å². The van der Waals surface area contributed by atoms with Gasteiger partial charge in [0.15, 0.2) is 0 Å². The number of benzene rings is 1. The minimum Gasteiger partial charge on any atom is -0.311 e. The third-order valence-corrected chi connectivity index (χ3v) is 2.66. The second kappa shape index (κ2) is 4.23. The van der Waals surface area contributed by atoms with Gasteiger partial charge in [-0.15, -0.1) is 0 Å². The van der Waals surface area contributed by atoms with Crippen LogP contribution in [0.2, 0.25) is 0 Å². The highest BCUT2D eigenvalue weighted by Gasteiger charge is 2.26. The van der Waals surface area contributed by atoms with Gasteiger partial charge in [0.05, 0.1) is 0 Å². The van der Waals surface area contributed by atoms with Gasteiger partial charge in [-0.2, -0.15) is 0 Å². The third kappa shape index (κ3) is 2.31. The van der Waals surface area contributed by atoms with Gasteiger partial charge in [-0.3, -0.25) is 0 Å². The molecule has 15 heavy (non-hydrogen) atoms. The van der Waals surface area contributed by atoms with Gasteiger partial charge < -0.3 is 5.32 Å². The average molecular weight is 215 g/mol. The topological polar surface area (TPSA) is 12.0 Å². The summed E-state index contributed by atoms with van der Waals surface area (Å²) in [5.41, 5.74) is 0.0758. The molecule has 0 radical (unpaired) electrons. The zero-order valence-electron chi connectivity index (χ0n) is 8.14. The molecule has 2 atom stereocenters. The zero-order valence-corrected chi connectivity index (χ0v) is 8.14. The molecular formula is C11H12F3N. The van der Waals surface area contributed by atoms with Crippen LogP contribution in [0.4, 0.5) is 13.2 Å². The lowest BCUT2D eigenvalue weighted by atomic mass is 10.0. The lowest BCUT2D eigenvalue weighted by molar-refractivity contribution is 0.269. The SMILES string of the molecule is Fc1cc(F)cc(C(F)C2CCCN2)c1. The summed E-state index contributed by atoms with van der Waals surface area (Å²) in [6, 6.07) is 2.53. The van der Waals surface area contributed by atoms with Gasteiger partial charge in [-0.25, -0.2) is 13.2 Å². The standard InChI is InChI=1S/C11H12F3N/c12-8-4-7(5-9(13)6-8)11(14)10-2-1-3-15-10/h4-6,10-11,15H,1-3H2. The van der Waals surface area contributed by atoms with Crippen LogP contribution in [0.25, 0.3) is 0 Å². The Hall–Kier alpha value is -1.03. The van der Waals surface area contributed by atoms with Crippen molar-refractivity contribution in [2.45, 2.75) is 25.1 Å². The van der Waals surface area contributed by atoms with Crippen molar-refractivity contribution >= 4 is 0 Å². The predicted molar refractivity (Wildman–Crippen MR) is 51.2 cm³/mol. The highest BCUT2D eigenvalue weighted by Crippen LogP contribution is 2.27. The zero-order chi connectivity index (χ0) is 10.8. The largest absolute Gasteiger partial charge is 0.311 e. The van der Waals surface area contributed by atoms with E-state index in [0.29, 0.717) is 6.42 Å². The molecule has 0 saturated carbocycles. The molecule has 0 spiro atoms. The fourth-order valence-electron chi connectivity index (χ4n) is 1.93. The van der Waals surface area contributed by atoms with Crippen molar-refractivity contribution in [2.75, 3.05) is 6.54 Å². The highest BCUT2D eigenvalue weighted by atomic mass is 19.1. The molecule has 1 saturated heterocycles. The van der Waals surface area contributed by atoms with Crippen molar-refractivity contribution in [3.8, 4) is 0 Å². The lowest BCUT2D eigenvalue weighted by Gasteiger charge is -2.16. The Kier molecular flexibility index (Phi) is 2.95. The Morgan fingerprint density at radius 1 is 1.20 bits per heavy atom. The number of halogens is 3. The van der Waals surface area contributed by atoms with Crippen molar-refractivity contribution in [3.05, 3.63) is 35.4 Å². The first-order valence-electron chi connectivity index (χ1n) is 5.00. The van der Waals surface area contributed by atoms with E-state index in [1.165, 1.54) is 0 Å². The summed E-state index contributed by atoms with van der Waals surface area (Å²) in [6.45, 7) is 0.767. The van der Waals surface area contributed by atoms with E-state index in [0.717, 1.165) is 31.2 Å². The molecule has 0 aromatic heterocycles. The van der Waals surface area contributed by atoms with Crippen LogP contribution < -0.4 is 5.32 Å². The maximum absolute atomic E-state index is 13.8. The second-order valence-corrected chi connectivity index (χ2v) is 3.81. The summed E-state index contributed by atoms with van der Waals surface area (Å²) in [5.74, 6) is -1.46. The van der Waals surface area contributed by atoms with Crippen molar-refractivity contribution < 1.29 is 13.2 Å². The lowest BCUT2D eigenvalue weighted by Crippen LogP contribution is -2.26. The van der Waals surface area contributed by atoms with E-state index < -0.39 is 17.8 Å². The van der Waals surface area contributed by atoms with Crippen LogP contribution in [0.15, 0.2) is 18.2 Å². The quantitative estimate of drug-likeness (QED) is 0.799. The smallest absolute Gasteiger partial charge is 0.141 e. The monoisotopic (exact) mass is 215 g/mol. The summed E-state index contributed by atoms with van der Waals surface area (Å²) < 4.78 is 39.5. The van der Waals surface area contributed by atoms with Gasteiger partial charge >= 0.3 is 0 Å². The first kappa shape index (κ1) is 10.5. The maximum atomic E-state index is 13.8. The minimum absolute atomic E-state index is 0.0758. The Labute approximate surface area is 86.3 Å². The second-order valence-electron chi connectivity index (χ2n) is 3.81.